The van der Waals surface area contributed by atoms with Crippen LogP contribution in [0.2, 0.25) is 0 Å². The van der Waals surface area contributed by atoms with Crippen LogP contribution in [0.5, 0.6) is 0 Å². The first kappa shape index (κ1) is 23.1. The summed E-state index contributed by atoms with van der Waals surface area (Å²) in [6, 6.07) is 26.5. The molecule has 1 aliphatic rings. The van der Waals surface area contributed by atoms with E-state index in [0.717, 1.165) is 47.1 Å². The monoisotopic (exact) mass is 467 g/mol. The normalized spacial score (nSPS) is 17.8. The summed E-state index contributed by atoms with van der Waals surface area (Å²) in [5.74, 6) is -0.201. The molecule has 35 heavy (non-hydrogen) atoms. The van der Waals surface area contributed by atoms with Crippen LogP contribution in [0.25, 0.3) is 22.5 Å². The van der Waals surface area contributed by atoms with Crippen molar-refractivity contribution in [3.63, 3.8) is 0 Å². The summed E-state index contributed by atoms with van der Waals surface area (Å²) in [5.41, 5.74) is 6.84. The molecule has 5 nitrogen and oxygen atoms in total. The predicted octanol–water partition coefficient (Wildman–Crippen LogP) is 6.56. The lowest BCUT2D eigenvalue weighted by Gasteiger charge is -2.12. The van der Waals surface area contributed by atoms with E-state index in [0.29, 0.717) is 17.9 Å². The van der Waals surface area contributed by atoms with E-state index in [1.807, 2.05) is 73.7 Å². The number of aliphatic hydroxyl groups excluding tert-OH is 1. The second-order valence-electron chi connectivity index (χ2n) is 9.39. The lowest BCUT2D eigenvalue weighted by atomic mass is 9.96. The Kier molecular flexibility index (Phi) is 6.51. The van der Waals surface area contributed by atoms with E-state index in [9.17, 15) is 9.90 Å². The first-order valence-corrected chi connectivity index (χ1v) is 12.1. The number of benzene rings is 3. The maximum atomic E-state index is 11.1. The van der Waals surface area contributed by atoms with Gasteiger partial charge in [0.1, 0.15) is 0 Å². The molecule has 5 rings (SSSR count). The van der Waals surface area contributed by atoms with Crippen molar-refractivity contribution in [3.05, 3.63) is 101 Å². The second-order valence-corrected chi connectivity index (χ2v) is 9.39. The SMILES string of the molecule is Cc1noc(-c2ccc(-c3ccc([C@H]4C[C@H]4C(=O)O)cc3)cc2)c1C(O)CCCc1ccccc1. The molecule has 0 aliphatic heterocycles. The molecule has 0 amide bonds. The van der Waals surface area contributed by atoms with E-state index in [4.69, 9.17) is 9.63 Å². The maximum absolute atomic E-state index is 11.1. The summed E-state index contributed by atoms with van der Waals surface area (Å²) in [6.45, 7) is 1.87. The minimum absolute atomic E-state index is 0.135. The Morgan fingerprint density at radius 2 is 1.60 bits per heavy atom. The van der Waals surface area contributed by atoms with Gasteiger partial charge in [-0.25, -0.2) is 0 Å². The number of carboxylic acid groups (broad SMARTS) is 1. The van der Waals surface area contributed by atoms with Crippen molar-refractivity contribution in [1.29, 1.82) is 0 Å². The van der Waals surface area contributed by atoms with Gasteiger partial charge in [-0.1, -0.05) is 84.0 Å². The van der Waals surface area contributed by atoms with Gasteiger partial charge in [0.2, 0.25) is 0 Å². The number of carbonyl (C=O) groups is 1. The molecule has 3 atom stereocenters. The Bertz CT molecular complexity index is 1290. The van der Waals surface area contributed by atoms with Gasteiger partial charge in [0.25, 0.3) is 0 Å². The predicted molar refractivity (Wildman–Crippen MR) is 135 cm³/mol. The molecule has 1 aromatic heterocycles. The Balaban J connectivity index is 1.27. The zero-order chi connectivity index (χ0) is 24.4. The van der Waals surface area contributed by atoms with E-state index in [-0.39, 0.29) is 11.8 Å². The third-order valence-corrected chi connectivity index (χ3v) is 6.95. The van der Waals surface area contributed by atoms with Crippen molar-refractivity contribution in [1.82, 2.24) is 5.16 Å². The van der Waals surface area contributed by atoms with Crippen molar-refractivity contribution < 1.29 is 19.5 Å². The van der Waals surface area contributed by atoms with Gasteiger partial charge in [0.15, 0.2) is 5.76 Å². The molecule has 0 saturated heterocycles. The standard InChI is InChI=1S/C30H29NO4/c1-19-28(27(32)9-5-8-20-6-3-2-4-7-20)29(35-31-19)24-16-12-22(13-17-24)21-10-14-23(15-11-21)25-18-26(25)30(33)34/h2-4,6-7,10-17,25-27,32H,5,8-9,18H2,1H3,(H,33,34)/t25-,26-,27?/m1/s1. The highest BCUT2D eigenvalue weighted by Gasteiger charge is 2.44. The molecule has 3 aromatic carbocycles. The molecule has 1 fully saturated rings. The van der Waals surface area contributed by atoms with Crippen molar-refractivity contribution in [2.75, 3.05) is 0 Å². The van der Waals surface area contributed by atoms with E-state index < -0.39 is 12.1 Å². The fraction of sp³-hybridized carbons (Fsp3) is 0.267. The molecule has 0 spiro atoms. The number of aromatic nitrogens is 1. The van der Waals surface area contributed by atoms with Gasteiger partial charge in [-0.05, 0) is 60.8 Å². The molecular weight excluding hydrogens is 438 g/mol. The minimum atomic E-state index is -0.710. The molecule has 178 valence electrons. The number of hydrogen-bond acceptors (Lipinski definition) is 4. The van der Waals surface area contributed by atoms with Crippen molar-refractivity contribution in [3.8, 4) is 22.5 Å². The minimum Gasteiger partial charge on any atom is -0.481 e. The average Bonchev–Trinajstić information content (AvgIpc) is 3.60. The number of hydrogen-bond donors (Lipinski definition) is 2. The Hall–Kier alpha value is -3.70. The van der Waals surface area contributed by atoms with Gasteiger partial charge < -0.3 is 14.7 Å². The van der Waals surface area contributed by atoms with Crippen LogP contribution < -0.4 is 0 Å². The number of aliphatic hydroxyl groups is 1. The Labute approximate surface area is 205 Å². The molecule has 1 aliphatic carbocycles. The molecule has 1 unspecified atom stereocenters. The van der Waals surface area contributed by atoms with Crippen LogP contribution >= 0.6 is 0 Å². The van der Waals surface area contributed by atoms with Gasteiger partial charge in [0.05, 0.1) is 23.3 Å². The zero-order valence-corrected chi connectivity index (χ0v) is 19.7. The first-order chi connectivity index (χ1) is 17.0. The zero-order valence-electron chi connectivity index (χ0n) is 19.7. The highest BCUT2D eigenvalue weighted by Crippen LogP contribution is 2.47. The number of aliphatic carboxylic acids is 1. The number of aryl methyl sites for hydroxylation is 2. The summed E-state index contributed by atoms with van der Waals surface area (Å²) < 4.78 is 5.63. The van der Waals surface area contributed by atoms with Crippen molar-refractivity contribution in [2.24, 2.45) is 5.92 Å². The molecule has 5 heteroatoms. The van der Waals surface area contributed by atoms with E-state index in [2.05, 4.69) is 17.3 Å². The van der Waals surface area contributed by atoms with Gasteiger partial charge in [-0.15, -0.1) is 0 Å². The van der Waals surface area contributed by atoms with Crippen molar-refractivity contribution >= 4 is 5.97 Å². The highest BCUT2D eigenvalue weighted by molar-refractivity contribution is 5.75. The Morgan fingerprint density at radius 3 is 2.23 bits per heavy atom. The number of rotatable bonds is 9. The third kappa shape index (κ3) is 5.05. The molecule has 4 aromatic rings. The summed E-state index contributed by atoms with van der Waals surface area (Å²) in [5, 5.41) is 24.2. The van der Waals surface area contributed by atoms with Crippen LogP contribution in [0.4, 0.5) is 0 Å². The average molecular weight is 468 g/mol. The summed E-state index contributed by atoms with van der Waals surface area (Å²) in [7, 11) is 0. The largest absolute Gasteiger partial charge is 0.481 e. The van der Waals surface area contributed by atoms with Crippen LogP contribution in [0.1, 0.15) is 53.7 Å². The maximum Gasteiger partial charge on any atom is 0.307 e. The number of carboxylic acids is 1. The molecule has 0 bridgehead atoms. The first-order valence-electron chi connectivity index (χ1n) is 12.1. The molecule has 2 N–H and O–H groups in total. The van der Waals surface area contributed by atoms with E-state index >= 15 is 0 Å². The summed E-state index contributed by atoms with van der Waals surface area (Å²) in [4.78, 5) is 11.1. The molecule has 1 saturated carbocycles. The van der Waals surface area contributed by atoms with E-state index in [1.54, 1.807) is 0 Å². The third-order valence-electron chi connectivity index (χ3n) is 6.95. The van der Waals surface area contributed by atoms with Crippen molar-refractivity contribution in [2.45, 2.75) is 44.6 Å². The fourth-order valence-corrected chi connectivity index (χ4v) is 4.84. The number of nitrogens with zero attached hydrogens (tertiary/aromatic N) is 1. The van der Waals surface area contributed by atoms with Crippen LogP contribution in [0, 0.1) is 12.8 Å². The molecule has 1 heterocycles. The summed E-state index contributed by atoms with van der Waals surface area (Å²) >= 11 is 0. The second kappa shape index (κ2) is 9.88. The van der Waals surface area contributed by atoms with Crippen LogP contribution in [-0.4, -0.2) is 21.3 Å². The quantitative estimate of drug-likeness (QED) is 0.291. The van der Waals surface area contributed by atoms with E-state index in [1.165, 1.54) is 5.56 Å². The topological polar surface area (TPSA) is 83.6 Å². The van der Waals surface area contributed by atoms with Gasteiger partial charge in [0, 0.05) is 5.56 Å². The fourth-order valence-electron chi connectivity index (χ4n) is 4.84. The van der Waals surface area contributed by atoms with Crippen LogP contribution in [-0.2, 0) is 11.2 Å². The molecule has 0 radical (unpaired) electrons. The van der Waals surface area contributed by atoms with Gasteiger partial charge in [-0.2, -0.15) is 0 Å². The van der Waals surface area contributed by atoms with Crippen LogP contribution in [0.15, 0.2) is 83.4 Å². The smallest absolute Gasteiger partial charge is 0.307 e. The summed E-state index contributed by atoms with van der Waals surface area (Å²) in [6.07, 6.45) is 2.52. The molecular formula is C30H29NO4. The van der Waals surface area contributed by atoms with Gasteiger partial charge >= 0.3 is 5.97 Å². The lowest BCUT2D eigenvalue weighted by molar-refractivity contribution is -0.138. The highest BCUT2D eigenvalue weighted by atomic mass is 16.5. The van der Waals surface area contributed by atoms with Crippen LogP contribution in [0.3, 0.4) is 0 Å². The lowest BCUT2D eigenvalue weighted by Crippen LogP contribution is -2.01. The Morgan fingerprint density at radius 1 is 0.971 bits per heavy atom. The van der Waals surface area contributed by atoms with Gasteiger partial charge in [-0.3, -0.25) is 4.79 Å².